The van der Waals surface area contributed by atoms with Gasteiger partial charge < -0.3 is 15.5 Å². The van der Waals surface area contributed by atoms with Crippen molar-refractivity contribution in [3.05, 3.63) is 22.4 Å². The molecule has 5 nitrogen and oxygen atoms in total. The summed E-state index contributed by atoms with van der Waals surface area (Å²) in [5.74, 6) is 0.785. The maximum atomic E-state index is 12.1. The fourth-order valence-electron chi connectivity index (χ4n) is 2.75. The van der Waals surface area contributed by atoms with E-state index in [4.69, 9.17) is 0 Å². The van der Waals surface area contributed by atoms with E-state index in [-0.39, 0.29) is 17.9 Å². The Morgan fingerprint density at radius 1 is 1.39 bits per heavy atom. The Bertz CT molecular complexity index is 502. The van der Waals surface area contributed by atoms with E-state index < -0.39 is 0 Å². The largest absolute Gasteiger partial charge is 0.351 e. The van der Waals surface area contributed by atoms with Crippen molar-refractivity contribution in [3.63, 3.8) is 0 Å². The smallest absolute Gasteiger partial charge is 0.317 e. The van der Waals surface area contributed by atoms with Gasteiger partial charge in [-0.1, -0.05) is 19.9 Å². The molecule has 23 heavy (non-hydrogen) atoms. The molecule has 0 bridgehead atoms. The van der Waals surface area contributed by atoms with Crippen LogP contribution in [0.1, 0.15) is 38.0 Å². The van der Waals surface area contributed by atoms with Gasteiger partial charge in [0, 0.05) is 30.9 Å². The van der Waals surface area contributed by atoms with Crippen LogP contribution in [-0.4, -0.2) is 36.5 Å². The average molecular weight is 337 g/mol. The molecule has 0 radical (unpaired) electrons. The number of likely N-dealkylation sites (tertiary alicyclic amines) is 1. The predicted octanol–water partition coefficient (Wildman–Crippen LogP) is 2.83. The Hall–Kier alpha value is -1.56. The van der Waals surface area contributed by atoms with Crippen molar-refractivity contribution >= 4 is 23.3 Å². The van der Waals surface area contributed by atoms with Crippen molar-refractivity contribution in [1.29, 1.82) is 0 Å². The predicted molar refractivity (Wildman–Crippen MR) is 93.3 cm³/mol. The lowest BCUT2D eigenvalue weighted by Gasteiger charge is -2.32. The maximum absolute atomic E-state index is 12.1. The van der Waals surface area contributed by atoms with Crippen LogP contribution in [0.4, 0.5) is 4.79 Å². The van der Waals surface area contributed by atoms with E-state index in [2.05, 4.69) is 24.5 Å². The fourth-order valence-corrected chi connectivity index (χ4v) is 3.40. The van der Waals surface area contributed by atoms with Crippen molar-refractivity contribution < 1.29 is 9.59 Å². The average Bonchev–Trinajstić information content (AvgIpc) is 3.04. The van der Waals surface area contributed by atoms with Gasteiger partial charge in [0.25, 0.3) is 0 Å². The molecule has 1 aliphatic heterocycles. The Labute approximate surface area is 142 Å². The summed E-state index contributed by atoms with van der Waals surface area (Å²) in [6.07, 6.45) is 2.48. The molecule has 0 aliphatic carbocycles. The van der Waals surface area contributed by atoms with Gasteiger partial charge in [-0.15, -0.1) is 11.3 Å². The summed E-state index contributed by atoms with van der Waals surface area (Å²) in [5.41, 5.74) is 0. The summed E-state index contributed by atoms with van der Waals surface area (Å²) in [6.45, 7) is 6.92. The minimum atomic E-state index is 0.00222. The second-order valence-corrected chi connectivity index (χ2v) is 7.63. The van der Waals surface area contributed by atoms with E-state index in [1.807, 2.05) is 22.4 Å². The number of carbonyl (C=O) groups is 2. The molecule has 0 aromatic carbocycles. The maximum Gasteiger partial charge on any atom is 0.317 e. The van der Waals surface area contributed by atoms with Crippen molar-refractivity contribution in [2.45, 2.75) is 39.7 Å². The molecule has 0 saturated carbocycles. The number of amides is 3. The summed E-state index contributed by atoms with van der Waals surface area (Å²) in [4.78, 5) is 27.2. The van der Waals surface area contributed by atoms with E-state index in [0.717, 1.165) is 24.3 Å². The molecule has 6 heteroatoms. The minimum Gasteiger partial charge on any atom is -0.351 e. The third kappa shape index (κ3) is 6.22. The molecular weight excluding hydrogens is 310 g/mol. The standard InChI is InChI=1S/C17H27N3O2S/c1-13(2)10-19-17(22)20-7-3-5-14(12-20)9-16(21)18-11-15-6-4-8-23-15/h4,6,8,13-14H,3,5,7,9-12H2,1-2H3,(H,18,21)(H,19,22). The van der Waals surface area contributed by atoms with Crippen LogP contribution in [0.3, 0.4) is 0 Å². The summed E-state index contributed by atoms with van der Waals surface area (Å²) in [6, 6.07) is 4.01. The first kappa shape index (κ1) is 17.8. The molecular formula is C17H27N3O2S. The number of carbonyl (C=O) groups excluding carboxylic acids is 2. The second kappa shape index (κ2) is 8.91. The van der Waals surface area contributed by atoms with Gasteiger partial charge in [0.05, 0.1) is 6.54 Å². The molecule has 2 heterocycles. The Balaban J connectivity index is 1.72. The molecule has 1 aliphatic rings. The molecule has 2 rings (SSSR count). The third-order valence-electron chi connectivity index (χ3n) is 3.98. The van der Waals surface area contributed by atoms with E-state index in [9.17, 15) is 9.59 Å². The lowest BCUT2D eigenvalue weighted by Crippen LogP contribution is -2.47. The van der Waals surface area contributed by atoms with Gasteiger partial charge in [0.1, 0.15) is 0 Å². The quantitative estimate of drug-likeness (QED) is 0.838. The highest BCUT2D eigenvalue weighted by Crippen LogP contribution is 2.20. The molecule has 1 saturated heterocycles. The van der Waals surface area contributed by atoms with Gasteiger partial charge in [0.2, 0.25) is 5.91 Å². The molecule has 1 fully saturated rings. The van der Waals surface area contributed by atoms with Gasteiger partial charge in [-0.05, 0) is 36.1 Å². The molecule has 1 aromatic rings. The minimum absolute atomic E-state index is 0.00222. The topological polar surface area (TPSA) is 61.4 Å². The Morgan fingerprint density at radius 3 is 2.91 bits per heavy atom. The zero-order valence-electron chi connectivity index (χ0n) is 14.0. The van der Waals surface area contributed by atoms with E-state index in [1.165, 1.54) is 0 Å². The first-order chi connectivity index (χ1) is 11.0. The van der Waals surface area contributed by atoms with E-state index >= 15 is 0 Å². The number of urea groups is 1. The normalized spacial score (nSPS) is 18.0. The van der Waals surface area contributed by atoms with Crippen LogP contribution < -0.4 is 10.6 Å². The van der Waals surface area contributed by atoms with Crippen LogP contribution in [0.25, 0.3) is 0 Å². The second-order valence-electron chi connectivity index (χ2n) is 6.59. The first-order valence-electron chi connectivity index (χ1n) is 8.36. The van der Waals surface area contributed by atoms with Crippen LogP contribution in [0, 0.1) is 11.8 Å². The highest BCUT2D eigenvalue weighted by Gasteiger charge is 2.25. The fraction of sp³-hybridized carbons (Fsp3) is 0.647. The molecule has 1 aromatic heterocycles. The summed E-state index contributed by atoms with van der Waals surface area (Å²) < 4.78 is 0. The summed E-state index contributed by atoms with van der Waals surface area (Å²) in [5, 5.41) is 7.94. The van der Waals surface area contributed by atoms with Gasteiger partial charge in [-0.2, -0.15) is 0 Å². The van der Waals surface area contributed by atoms with E-state index in [0.29, 0.717) is 32.0 Å². The Morgan fingerprint density at radius 2 is 2.22 bits per heavy atom. The number of piperidine rings is 1. The van der Waals surface area contributed by atoms with E-state index in [1.54, 1.807) is 11.3 Å². The Kier molecular flexibility index (Phi) is 6.89. The zero-order valence-corrected chi connectivity index (χ0v) is 14.8. The monoisotopic (exact) mass is 337 g/mol. The SMILES string of the molecule is CC(C)CNC(=O)N1CCCC(CC(=O)NCc2cccs2)C1. The van der Waals surface area contributed by atoms with Gasteiger partial charge in [-0.3, -0.25) is 4.79 Å². The number of hydrogen-bond donors (Lipinski definition) is 2. The number of thiophene rings is 1. The molecule has 1 atom stereocenters. The molecule has 1 unspecified atom stereocenters. The van der Waals surface area contributed by atoms with Crippen LogP contribution in [0.15, 0.2) is 17.5 Å². The van der Waals surface area contributed by atoms with Crippen molar-refractivity contribution in [1.82, 2.24) is 15.5 Å². The van der Waals surface area contributed by atoms with Crippen LogP contribution >= 0.6 is 11.3 Å². The van der Waals surface area contributed by atoms with Crippen molar-refractivity contribution in [3.8, 4) is 0 Å². The summed E-state index contributed by atoms with van der Waals surface area (Å²) >= 11 is 1.65. The lowest BCUT2D eigenvalue weighted by atomic mass is 9.94. The van der Waals surface area contributed by atoms with Crippen LogP contribution in [0.5, 0.6) is 0 Å². The number of hydrogen-bond acceptors (Lipinski definition) is 3. The molecule has 2 N–H and O–H groups in total. The number of rotatable bonds is 6. The van der Waals surface area contributed by atoms with Gasteiger partial charge in [-0.25, -0.2) is 4.79 Å². The highest BCUT2D eigenvalue weighted by atomic mass is 32.1. The first-order valence-corrected chi connectivity index (χ1v) is 9.24. The lowest BCUT2D eigenvalue weighted by molar-refractivity contribution is -0.122. The molecule has 0 spiro atoms. The van der Waals surface area contributed by atoms with Gasteiger partial charge in [0.15, 0.2) is 0 Å². The highest BCUT2D eigenvalue weighted by molar-refractivity contribution is 7.09. The molecule has 3 amide bonds. The zero-order chi connectivity index (χ0) is 16.7. The number of nitrogens with one attached hydrogen (secondary N) is 2. The summed E-state index contributed by atoms with van der Waals surface area (Å²) in [7, 11) is 0. The van der Waals surface area contributed by atoms with Crippen molar-refractivity contribution in [2.24, 2.45) is 11.8 Å². The number of nitrogens with zero attached hydrogens (tertiary/aromatic N) is 1. The third-order valence-corrected chi connectivity index (χ3v) is 4.86. The molecule has 128 valence electrons. The van der Waals surface area contributed by atoms with Crippen molar-refractivity contribution in [2.75, 3.05) is 19.6 Å². The van der Waals surface area contributed by atoms with Gasteiger partial charge >= 0.3 is 6.03 Å². The van der Waals surface area contributed by atoms with Crippen LogP contribution in [-0.2, 0) is 11.3 Å². The van der Waals surface area contributed by atoms with Crippen LogP contribution in [0.2, 0.25) is 0 Å².